The van der Waals surface area contributed by atoms with Crippen molar-refractivity contribution in [2.75, 3.05) is 26.4 Å². The molecule has 0 saturated carbocycles. The van der Waals surface area contributed by atoms with Crippen molar-refractivity contribution in [3.8, 4) is 0 Å². The van der Waals surface area contributed by atoms with Crippen molar-refractivity contribution >= 4 is 11.9 Å². The Morgan fingerprint density at radius 1 is 0.846 bits per heavy atom. The summed E-state index contributed by atoms with van der Waals surface area (Å²) >= 11 is 0. The van der Waals surface area contributed by atoms with Gasteiger partial charge in [-0.15, -0.1) is 0 Å². The molecule has 7 N–H and O–H groups in total. The van der Waals surface area contributed by atoms with Crippen LogP contribution in [0.1, 0.15) is 20.7 Å². The second-order valence-corrected chi connectivity index (χ2v) is 8.74. The molecule has 1 aromatic carbocycles. The van der Waals surface area contributed by atoms with Gasteiger partial charge in [0.25, 0.3) is 0 Å². The van der Waals surface area contributed by atoms with Crippen LogP contribution in [0.3, 0.4) is 0 Å². The molecule has 2 aliphatic heterocycles. The van der Waals surface area contributed by atoms with E-state index in [0.717, 1.165) is 24.3 Å². The smallest absolute Gasteiger partial charge is 0.422 e. The van der Waals surface area contributed by atoms with Crippen LogP contribution in [0.2, 0.25) is 0 Å². The van der Waals surface area contributed by atoms with Gasteiger partial charge in [0, 0.05) is 0 Å². The van der Waals surface area contributed by atoms with Crippen LogP contribution in [-0.2, 0) is 23.7 Å². The molecule has 2 heterocycles. The number of ether oxygens (including phenoxy) is 5. The maximum Gasteiger partial charge on any atom is 0.422 e. The topological polar surface area (TPSA) is 222 Å². The number of aliphatic hydroxyl groups is 7. The van der Waals surface area contributed by atoms with E-state index in [1.165, 1.54) is 0 Å². The van der Waals surface area contributed by atoms with Gasteiger partial charge in [-0.25, -0.2) is 9.59 Å². The van der Waals surface area contributed by atoms with Crippen LogP contribution in [-0.4, -0.2) is 135 Å². The fourth-order valence-corrected chi connectivity index (χ4v) is 3.83. The first-order chi connectivity index (χ1) is 18.2. The number of alkyl halides is 3. The highest BCUT2D eigenvalue weighted by Gasteiger charge is 2.58. The summed E-state index contributed by atoms with van der Waals surface area (Å²) in [5.41, 5.74) is -0.423. The van der Waals surface area contributed by atoms with E-state index in [1.54, 1.807) is 0 Å². The predicted octanol–water partition coefficient (Wildman–Crippen LogP) is -2.81. The van der Waals surface area contributed by atoms with E-state index in [1.807, 2.05) is 0 Å². The summed E-state index contributed by atoms with van der Waals surface area (Å²) in [4.78, 5) is 24.0. The van der Waals surface area contributed by atoms with Crippen molar-refractivity contribution in [3.63, 3.8) is 0 Å². The van der Waals surface area contributed by atoms with Crippen LogP contribution >= 0.6 is 0 Å². The van der Waals surface area contributed by atoms with Gasteiger partial charge in [-0.3, -0.25) is 0 Å². The summed E-state index contributed by atoms with van der Waals surface area (Å²) in [5.74, 6) is -4.75. The molecule has 9 atom stereocenters. The largest absolute Gasteiger partial charge is 0.459 e. The minimum absolute atomic E-state index is 0.151. The van der Waals surface area contributed by atoms with Gasteiger partial charge in [0.1, 0.15) is 55.9 Å². The Morgan fingerprint density at radius 2 is 1.41 bits per heavy atom. The van der Waals surface area contributed by atoms with Gasteiger partial charge in [0.05, 0.1) is 17.7 Å². The van der Waals surface area contributed by atoms with Crippen LogP contribution < -0.4 is 0 Å². The molecule has 0 spiro atoms. The number of rotatable bonds is 9. The first-order valence-corrected chi connectivity index (χ1v) is 11.4. The number of halogens is 3. The summed E-state index contributed by atoms with van der Waals surface area (Å²) in [5, 5.41) is 70.0. The first kappa shape index (κ1) is 31.1. The lowest BCUT2D eigenvalue weighted by atomic mass is 9.99. The standard InChI is InChI=1S/C22H27F3O14/c23-22(24,25)8-36-19(34)10-3-1-9(2-4-10)18(33)35-6-12-14(29)17(32)21(7-27,38-12)39-20-16(31)15(30)13(28)11(5-26)37-20/h1-4,11-17,20,26-32H,5-8H2/t11-,12-,13-,14-,15+,16-,17+,20-,21+/m1/s1. The maximum atomic E-state index is 12.4. The fourth-order valence-electron chi connectivity index (χ4n) is 3.83. The van der Waals surface area contributed by atoms with E-state index in [0.29, 0.717) is 0 Å². The molecule has 0 unspecified atom stereocenters. The van der Waals surface area contributed by atoms with Crippen LogP contribution in [0.5, 0.6) is 0 Å². The van der Waals surface area contributed by atoms with Crippen LogP contribution in [0.25, 0.3) is 0 Å². The zero-order chi connectivity index (χ0) is 29.1. The number of benzene rings is 1. The van der Waals surface area contributed by atoms with Gasteiger partial charge < -0.3 is 59.4 Å². The second-order valence-electron chi connectivity index (χ2n) is 8.74. The average molecular weight is 572 g/mol. The Labute approximate surface area is 217 Å². The van der Waals surface area contributed by atoms with Crippen molar-refractivity contribution in [2.45, 2.75) is 61.0 Å². The minimum atomic E-state index is -4.71. The number of carbonyl (C=O) groups excluding carboxylic acids is 2. The molecule has 0 bridgehead atoms. The number of carbonyl (C=O) groups is 2. The van der Waals surface area contributed by atoms with Crippen molar-refractivity contribution in [1.29, 1.82) is 0 Å². The molecule has 14 nitrogen and oxygen atoms in total. The molecule has 2 fully saturated rings. The van der Waals surface area contributed by atoms with Crippen LogP contribution in [0, 0.1) is 0 Å². The Morgan fingerprint density at radius 3 is 1.92 bits per heavy atom. The van der Waals surface area contributed by atoms with Crippen molar-refractivity contribution in [1.82, 2.24) is 0 Å². The third-order valence-electron chi connectivity index (χ3n) is 5.99. The Bertz CT molecular complexity index is 989. The van der Waals surface area contributed by atoms with Gasteiger partial charge in [-0.1, -0.05) is 0 Å². The van der Waals surface area contributed by atoms with Gasteiger partial charge in [0.2, 0.25) is 5.79 Å². The summed E-state index contributed by atoms with van der Waals surface area (Å²) in [6.45, 7) is -4.43. The monoisotopic (exact) mass is 572 g/mol. The lowest BCUT2D eigenvalue weighted by Gasteiger charge is -2.43. The first-order valence-electron chi connectivity index (χ1n) is 11.4. The van der Waals surface area contributed by atoms with E-state index in [9.17, 15) is 58.5 Å². The zero-order valence-electron chi connectivity index (χ0n) is 19.9. The molecule has 3 rings (SSSR count). The molecule has 220 valence electrons. The van der Waals surface area contributed by atoms with Gasteiger partial charge >= 0.3 is 18.1 Å². The van der Waals surface area contributed by atoms with Crippen LogP contribution in [0.15, 0.2) is 24.3 Å². The molecular formula is C22H27F3O14. The quantitative estimate of drug-likeness (QED) is 0.149. The number of esters is 2. The Kier molecular flexibility index (Phi) is 9.87. The van der Waals surface area contributed by atoms with E-state index in [2.05, 4.69) is 4.74 Å². The van der Waals surface area contributed by atoms with E-state index in [-0.39, 0.29) is 11.1 Å². The predicted molar refractivity (Wildman–Crippen MR) is 115 cm³/mol. The highest BCUT2D eigenvalue weighted by Crippen LogP contribution is 2.36. The average Bonchev–Trinajstić information content (AvgIpc) is 3.15. The van der Waals surface area contributed by atoms with Crippen molar-refractivity contribution in [3.05, 3.63) is 35.4 Å². The number of aliphatic hydroxyl groups excluding tert-OH is 7. The summed E-state index contributed by atoms with van der Waals surface area (Å²) < 4.78 is 61.6. The van der Waals surface area contributed by atoms with Crippen molar-refractivity contribution < 1.29 is 82.2 Å². The maximum absolute atomic E-state index is 12.4. The summed E-state index contributed by atoms with van der Waals surface area (Å²) in [6, 6.07) is 4.16. The normalized spacial score (nSPS) is 35.0. The molecule has 0 aliphatic carbocycles. The highest BCUT2D eigenvalue weighted by atomic mass is 19.4. The Hall–Kier alpha value is -2.45. The molecular weight excluding hydrogens is 545 g/mol. The van der Waals surface area contributed by atoms with Gasteiger partial charge in [-0.2, -0.15) is 13.2 Å². The molecule has 2 aliphatic rings. The molecule has 0 aromatic heterocycles. The summed E-state index contributed by atoms with van der Waals surface area (Å²) in [6.07, 6.45) is -18.8. The molecule has 0 radical (unpaired) electrons. The van der Waals surface area contributed by atoms with Crippen molar-refractivity contribution in [2.24, 2.45) is 0 Å². The molecule has 1 aromatic rings. The van der Waals surface area contributed by atoms with Gasteiger partial charge in [-0.05, 0) is 24.3 Å². The van der Waals surface area contributed by atoms with Crippen LogP contribution in [0.4, 0.5) is 13.2 Å². The second kappa shape index (κ2) is 12.4. The number of hydrogen-bond acceptors (Lipinski definition) is 14. The van der Waals surface area contributed by atoms with Gasteiger partial charge in [0.15, 0.2) is 12.9 Å². The third-order valence-corrected chi connectivity index (χ3v) is 5.99. The third kappa shape index (κ3) is 7.01. The lowest BCUT2D eigenvalue weighted by molar-refractivity contribution is -0.383. The lowest BCUT2D eigenvalue weighted by Crippen LogP contribution is -2.62. The Balaban J connectivity index is 1.61. The van der Waals surface area contributed by atoms with E-state index in [4.69, 9.17) is 18.9 Å². The van der Waals surface area contributed by atoms with E-state index >= 15 is 0 Å². The minimum Gasteiger partial charge on any atom is -0.459 e. The number of hydrogen-bond donors (Lipinski definition) is 7. The zero-order valence-corrected chi connectivity index (χ0v) is 19.9. The fraction of sp³-hybridized carbons (Fsp3) is 0.636. The molecule has 39 heavy (non-hydrogen) atoms. The summed E-state index contributed by atoms with van der Waals surface area (Å²) in [7, 11) is 0. The van der Waals surface area contributed by atoms with E-state index < -0.39 is 99.3 Å². The molecule has 2 saturated heterocycles. The molecule has 17 heteroatoms. The highest BCUT2D eigenvalue weighted by molar-refractivity contribution is 5.93. The SMILES string of the molecule is O=C(OC[C@H]1O[C@@](CO)(O[C@H]2O[C@H](CO)[C@@H](O)[C@H](O)[C@H]2O)[C@@H](O)[C@@H]1O)c1ccc(C(=O)OCC(F)(F)F)cc1. The molecule has 0 amide bonds.